The first-order chi connectivity index (χ1) is 12.4. The first-order valence-corrected chi connectivity index (χ1v) is 8.23. The number of aliphatic carboxylic acids is 1. The summed E-state index contributed by atoms with van der Waals surface area (Å²) in [5.41, 5.74) is -4.03. The smallest absolute Gasteiger partial charge is 0.416 e. The van der Waals surface area contributed by atoms with Crippen LogP contribution in [0.25, 0.3) is 0 Å². The number of amides is 1. The lowest BCUT2D eigenvalue weighted by molar-refractivity contribution is -0.144. The van der Waals surface area contributed by atoms with Crippen LogP contribution in [0.4, 0.5) is 26.3 Å². The maximum atomic E-state index is 13.0. The number of carboxylic acids is 1. The summed E-state index contributed by atoms with van der Waals surface area (Å²) in [4.78, 5) is 25.2. The van der Waals surface area contributed by atoms with Gasteiger partial charge in [-0.1, -0.05) is 6.42 Å². The van der Waals surface area contributed by atoms with Gasteiger partial charge in [0.25, 0.3) is 5.91 Å². The molecule has 2 fully saturated rings. The second kappa shape index (κ2) is 6.42. The Bertz CT molecular complexity index is 741. The molecule has 3 unspecified atom stereocenters. The number of hydrogen-bond donors (Lipinski definition) is 1. The van der Waals surface area contributed by atoms with Gasteiger partial charge in [-0.05, 0) is 42.9 Å². The van der Waals surface area contributed by atoms with Crippen LogP contribution in [0.2, 0.25) is 0 Å². The number of rotatable bonds is 2. The van der Waals surface area contributed by atoms with E-state index in [1.807, 2.05) is 0 Å². The van der Waals surface area contributed by atoms with E-state index in [0.29, 0.717) is 25.0 Å². The van der Waals surface area contributed by atoms with Crippen molar-refractivity contribution >= 4 is 11.9 Å². The number of benzene rings is 1. The average Bonchev–Trinajstić information content (AvgIpc) is 3.12. The molecule has 0 spiro atoms. The van der Waals surface area contributed by atoms with Crippen LogP contribution in [0.5, 0.6) is 0 Å². The number of hydrogen-bond acceptors (Lipinski definition) is 2. The van der Waals surface area contributed by atoms with Crippen LogP contribution in [-0.2, 0) is 17.1 Å². The number of halogens is 6. The lowest BCUT2D eigenvalue weighted by Gasteiger charge is -2.25. The molecular weight excluding hydrogens is 380 g/mol. The fourth-order valence-electron chi connectivity index (χ4n) is 4.08. The molecule has 148 valence electrons. The summed E-state index contributed by atoms with van der Waals surface area (Å²) < 4.78 is 77.9. The van der Waals surface area contributed by atoms with E-state index in [1.165, 1.54) is 0 Å². The van der Waals surface area contributed by atoms with E-state index >= 15 is 0 Å². The highest BCUT2D eigenvalue weighted by molar-refractivity contribution is 5.97. The summed E-state index contributed by atoms with van der Waals surface area (Å²) in [5, 5.41) is 9.44. The summed E-state index contributed by atoms with van der Waals surface area (Å²) >= 11 is 0. The molecule has 27 heavy (non-hydrogen) atoms. The zero-order chi connectivity index (χ0) is 20.1. The minimum Gasteiger partial charge on any atom is -0.480 e. The van der Waals surface area contributed by atoms with Gasteiger partial charge in [-0.2, -0.15) is 26.3 Å². The van der Waals surface area contributed by atoms with Crippen molar-refractivity contribution in [1.29, 1.82) is 0 Å². The quantitative estimate of drug-likeness (QED) is 0.769. The zero-order valence-electron chi connectivity index (χ0n) is 13.8. The van der Waals surface area contributed by atoms with Gasteiger partial charge in [0, 0.05) is 12.1 Å². The highest BCUT2D eigenvalue weighted by atomic mass is 19.4. The van der Waals surface area contributed by atoms with Crippen molar-refractivity contribution in [2.75, 3.05) is 6.54 Å². The Morgan fingerprint density at radius 3 is 2.00 bits per heavy atom. The Kier molecular flexibility index (Phi) is 4.63. The lowest BCUT2D eigenvalue weighted by Crippen LogP contribution is -2.43. The molecule has 1 amide bonds. The predicted octanol–water partition coefficient (Wildman–Crippen LogP) is 4.05. The predicted molar refractivity (Wildman–Crippen MR) is 79.7 cm³/mol. The highest BCUT2D eigenvalue weighted by Gasteiger charge is 2.50. The van der Waals surface area contributed by atoms with Crippen molar-refractivity contribution < 1.29 is 41.0 Å². The highest BCUT2D eigenvalue weighted by Crippen LogP contribution is 2.43. The maximum absolute atomic E-state index is 13.0. The number of alkyl halides is 6. The number of nitrogens with zero attached hydrogens (tertiary/aromatic N) is 1. The van der Waals surface area contributed by atoms with Gasteiger partial charge >= 0.3 is 18.3 Å². The van der Waals surface area contributed by atoms with Crippen LogP contribution in [0, 0.1) is 11.8 Å². The molecule has 0 bridgehead atoms. The summed E-state index contributed by atoms with van der Waals surface area (Å²) in [5.74, 6) is -2.88. The van der Waals surface area contributed by atoms with E-state index in [4.69, 9.17) is 0 Å². The molecule has 3 rings (SSSR count). The largest absolute Gasteiger partial charge is 0.480 e. The van der Waals surface area contributed by atoms with Gasteiger partial charge in [0.15, 0.2) is 0 Å². The Morgan fingerprint density at radius 1 is 0.963 bits per heavy atom. The minimum atomic E-state index is -5.08. The van der Waals surface area contributed by atoms with Crippen LogP contribution in [0.1, 0.15) is 40.7 Å². The van der Waals surface area contributed by atoms with Gasteiger partial charge < -0.3 is 10.0 Å². The molecule has 2 aliphatic rings. The van der Waals surface area contributed by atoms with Gasteiger partial charge in [0.05, 0.1) is 11.1 Å². The minimum absolute atomic E-state index is 0.0120. The van der Waals surface area contributed by atoms with Crippen LogP contribution in [-0.4, -0.2) is 34.5 Å². The van der Waals surface area contributed by atoms with E-state index in [-0.39, 0.29) is 24.4 Å². The van der Waals surface area contributed by atoms with E-state index in [2.05, 4.69) is 0 Å². The van der Waals surface area contributed by atoms with Gasteiger partial charge in [0.2, 0.25) is 0 Å². The van der Waals surface area contributed by atoms with E-state index < -0.39 is 47.0 Å². The number of fused-ring (bicyclic) bond motifs is 1. The van der Waals surface area contributed by atoms with Crippen molar-refractivity contribution in [3.8, 4) is 0 Å². The molecule has 1 aromatic rings. The van der Waals surface area contributed by atoms with E-state index in [9.17, 15) is 41.0 Å². The molecule has 0 radical (unpaired) electrons. The molecule has 3 atom stereocenters. The number of likely N-dealkylation sites (tertiary alicyclic amines) is 1. The zero-order valence-corrected chi connectivity index (χ0v) is 13.8. The third-order valence-electron chi connectivity index (χ3n) is 5.24. The fourth-order valence-corrected chi connectivity index (χ4v) is 4.08. The first-order valence-electron chi connectivity index (χ1n) is 8.23. The Labute approximate surface area is 149 Å². The summed E-state index contributed by atoms with van der Waals surface area (Å²) in [6, 6.07) is -0.631. The first kappa shape index (κ1) is 19.5. The normalized spacial score (nSPS) is 25.6. The van der Waals surface area contributed by atoms with Crippen LogP contribution in [0.15, 0.2) is 18.2 Å². The van der Waals surface area contributed by atoms with Crippen LogP contribution >= 0.6 is 0 Å². The van der Waals surface area contributed by atoms with Crippen molar-refractivity contribution in [3.05, 3.63) is 34.9 Å². The maximum Gasteiger partial charge on any atom is 0.416 e. The third kappa shape index (κ3) is 3.61. The van der Waals surface area contributed by atoms with Crippen LogP contribution < -0.4 is 0 Å². The van der Waals surface area contributed by atoms with Crippen LogP contribution in [0.3, 0.4) is 0 Å². The molecule has 1 heterocycles. The molecule has 1 N–H and O–H groups in total. The lowest BCUT2D eigenvalue weighted by atomic mass is 9.94. The fraction of sp³-hybridized carbons (Fsp3) is 0.529. The Morgan fingerprint density at radius 2 is 1.52 bits per heavy atom. The molecule has 1 saturated carbocycles. The molecule has 0 aromatic heterocycles. The molecule has 1 aliphatic carbocycles. The van der Waals surface area contributed by atoms with Crippen molar-refractivity contribution in [2.24, 2.45) is 11.8 Å². The third-order valence-corrected chi connectivity index (χ3v) is 5.24. The van der Waals surface area contributed by atoms with Gasteiger partial charge in [-0.25, -0.2) is 4.79 Å². The number of carboxylic acid groups (broad SMARTS) is 1. The van der Waals surface area contributed by atoms with Gasteiger partial charge in [-0.15, -0.1) is 0 Å². The monoisotopic (exact) mass is 395 g/mol. The Balaban J connectivity index is 2.02. The van der Waals surface area contributed by atoms with Crippen molar-refractivity contribution in [3.63, 3.8) is 0 Å². The van der Waals surface area contributed by atoms with Crippen molar-refractivity contribution in [1.82, 2.24) is 4.90 Å². The second-order valence-corrected chi connectivity index (χ2v) is 6.89. The van der Waals surface area contributed by atoms with E-state index in [1.54, 1.807) is 0 Å². The topological polar surface area (TPSA) is 57.6 Å². The average molecular weight is 395 g/mol. The van der Waals surface area contributed by atoms with Gasteiger partial charge in [-0.3, -0.25) is 4.79 Å². The molecule has 1 aliphatic heterocycles. The van der Waals surface area contributed by atoms with Gasteiger partial charge in [0.1, 0.15) is 6.04 Å². The molecule has 4 nitrogen and oxygen atoms in total. The Hall–Kier alpha value is -2.26. The van der Waals surface area contributed by atoms with E-state index in [0.717, 1.165) is 11.3 Å². The summed E-state index contributed by atoms with van der Waals surface area (Å²) in [6.07, 6.45) is -8.15. The number of carbonyl (C=O) groups excluding carboxylic acids is 1. The molecular formula is C17H15F6NO3. The standard InChI is InChI=1S/C17H15F6NO3/c18-16(19,20)10-4-9(5-11(6-10)17(21,22)23)14(25)24-7-8-2-1-3-12(8)13(24)15(26)27/h4-6,8,12-13H,1-3,7H2,(H,26,27). The second-order valence-electron chi connectivity index (χ2n) is 6.89. The summed E-state index contributed by atoms with van der Waals surface area (Å²) in [6.45, 7) is 0.0120. The number of carbonyl (C=O) groups is 2. The summed E-state index contributed by atoms with van der Waals surface area (Å²) in [7, 11) is 0. The molecule has 10 heteroatoms. The molecule has 1 saturated heterocycles. The SMILES string of the molecule is O=C(O)C1C2CCCC2CN1C(=O)c1cc(C(F)(F)F)cc(C(F)(F)F)c1. The van der Waals surface area contributed by atoms with Crippen molar-refractivity contribution in [2.45, 2.75) is 37.7 Å². The molecule has 1 aromatic carbocycles.